The third-order valence-electron chi connectivity index (χ3n) is 4.98. The second-order valence-corrected chi connectivity index (χ2v) is 7.79. The van der Waals surface area contributed by atoms with Crippen LogP contribution in [0.4, 0.5) is 4.39 Å². The van der Waals surface area contributed by atoms with E-state index in [-0.39, 0.29) is 24.8 Å². The van der Waals surface area contributed by atoms with E-state index < -0.39 is 24.3 Å². The standard InChI is InChI=1S/C25H30FNO6/c1-15(2)24-20(11-10-18(28)12-19(29)13-22(30)32-4)23(16-6-8-17(26)9-7-16)21(14-31-3)25(27-24)33-5/h6-11,15,18,28H,12-14H2,1-5H3/b11-10+. The smallest absolute Gasteiger partial charge is 0.313 e. The fourth-order valence-electron chi connectivity index (χ4n) is 3.45. The fourth-order valence-corrected chi connectivity index (χ4v) is 3.45. The second-order valence-electron chi connectivity index (χ2n) is 7.79. The maximum Gasteiger partial charge on any atom is 0.313 e. The maximum absolute atomic E-state index is 13.6. The van der Waals surface area contributed by atoms with Gasteiger partial charge in [-0.15, -0.1) is 0 Å². The van der Waals surface area contributed by atoms with Crippen LogP contribution in [0, 0.1) is 5.82 Å². The number of nitrogens with zero attached hydrogens (tertiary/aromatic N) is 1. The third-order valence-corrected chi connectivity index (χ3v) is 4.98. The van der Waals surface area contributed by atoms with E-state index in [9.17, 15) is 19.1 Å². The largest absolute Gasteiger partial charge is 0.481 e. The summed E-state index contributed by atoms with van der Waals surface area (Å²) >= 11 is 0. The van der Waals surface area contributed by atoms with Crippen molar-refractivity contribution in [1.29, 1.82) is 0 Å². The Morgan fingerprint density at radius 3 is 2.36 bits per heavy atom. The zero-order valence-corrected chi connectivity index (χ0v) is 19.6. The minimum Gasteiger partial charge on any atom is -0.481 e. The van der Waals surface area contributed by atoms with E-state index >= 15 is 0 Å². The van der Waals surface area contributed by atoms with Crippen LogP contribution >= 0.6 is 0 Å². The topological polar surface area (TPSA) is 95.0 Å². The van der Waals surface area contributed by atoms with E-state index in [4.69, 9.17) is 9.47 Å². The maximum atomic E-state index is 13.6. The predicted octanol–water partition coefficient (Wildman–Crippen LogP) is 4.06. The molecule has 2 rings (SSSR count). The lowest BCUT2D eigenvalue weighted by atomic mass is 9.90. The summed E-state index contributed by atoms with van der Waals surface area (Å²) < 4.78 is 29.0. The molecule has 0 aliphatic rings. The monoisotopic (exact) mass is 459 g/mol. The normalized spacial score (nSPS) is 12.2. The summed E-state index contributed by atoms with van der Waals surface area (Å²) in [4.78, 5) is 27.9. The molecule has 0 amide bonds. The highest BCUT2D eigenvalue weighted by Crippen LogP contribution is 2.38. The van der Waals surface area contributed by atoms with Crippen LogP contribution in [-0.2, 0) is 25.7 Å². The summed E-state index contributed by atoms with van der Waals surface area (Å²) in [6.07, 6.45) is 1.42. The Labute approximate surface area is 193 Å². The quantitative estimate of drug-likeness (QED) is 0.400. The summed E-state index contributed by atoms with van der Waals surface area (Å²) in [6.45, 7) is 4.14. The number of halogens is 1. The Kier molecular flexibility index (Phi) is 9.69. The van der Waals surface area contributed by atoms with Gasteiger partial charge in [0.05, 0.1) is 32.6 Å². The van der Waals surface area contributed by atoms with Gasteiger partial charge < -0.3 is 19.3 Å². The van der Waals surface area contributed by atoms with Crippen LogP contribution in [0.15, 0.2) is 30.3 Å². The van der Waals surface area contributed by atoms with Crippen LogP contribution in [0.2, 0.25) is 0 Å². The van der Waals surface area contributed by atoms with Crippen molar-refractivity contribution >= 4 is 17.8 Å². The lowest BCUT2D eigenvalue weighted by Gasteiger charge is -2.21. The molecule has 1 atom stereocenters. The molecule has 0 saturated carbocycles. The number of hydrogen-bond donors (Lipinski definition) is 1. The number of carbonyl (C=O) groups excluding carboxylic acids is 2. The number of ether oxygens (including phenoxy) is 3. The molecule has 0 aliphatic heterocycles. The van der Waals surface area contributed by atoms with Gasteiger partial charge in [0.2, 0.25) is 5.88 Å². The molecule has 178 valence electrons. The Hall–Kier alpha value is -3.10. The molecular weight excluding hydrogens is 429 g/mol. The molecule has 2 aromatic rings. The first-order chi connectivity index (χ1) is 15.7. The van der Waals surface area contributed by atoms with Crippen molar-refractivity contribution in [3.63, 3.8) is 0 Å². The molecular formula is C25H30FNO6. The van der Waals surface area contributed by atoms with Crippen molar-refractivity contribution in [2.75, 3.05) is 21.3 Å². The molecule has 1 aromatic carbocycles. The second kappa shape index (κ2) is 12.2. The molecule has 7 nitrogen and oxygen atoms in total. The number of Topliss-reactive ketones (excluding diaryl/α,β-unsaturated/α-hetero) is 1. The molecule has 0 saturated heterocycles. The van der Waals surface area contributed by atoms with Crippen LogP contribution in [0.1, 0.15) is 49.4 Å². The minimum atomic E-state index is -1.11. The Morgan fingerprint density at radius 1 is 1.15 bits per heavy atom. The minimum absolute atomic E-state index is 0.00700. The molecule has 1 unspecified atom stereocenters. The Balaban J connectivity index is 2.59. The molecule has 0 aliphatic carbocycles. The van der Waals surface area contributed by atoms with E-state index in [1.54, 1.807) is 25.3 Å². The molecule has 0 spiro atoms. The Morgan fingerprint density at radius 2 is 1.82 bits per heavy atom. The number of rotatable bonds is 11. The summed E-state index contributed by atoms with van der Waals surface area (Å²) in [6, 6.07) is 6.03. The van der Waals surface area contributed by atoms with Crippen molar-refractivity contribution in [2.45, 2.75) is 45.3 Å². The van der Waals surface area contributed by atoms with Gasteiger partial charge >= 0.3 is 5.97 Å². The van der Waals surface area contributed by atoms with Gasteiger partial charge in [-0.2, -0.15) is 0 Å². The average molecular weight is 460 g/mol. The van der Waals surface area contributed by atoms with E-state index in [0.717, 1.165) is 11.1 Å². The molecule has 1 N–H and O–H groups in total. The zero-order chi connectivity index (χ0) is 24.5. The number of carbonyl (C=O) groups is 2. The van der Waals surface area contributed by atoms with Crippen LogP contribution in [-0.4, -0.2) is 49.3 Å². The number of aliphatic hydroxyl groups is 1. The van der Waals surface area contributed by atoms with Gasteiger partial charge in [-0.1, -0.05) is 38.1 Å². The van der Waals surface area contributed by atoms with Gasteiger partial charge in [0, 0.05) is 30.2 Å². The van der Waals surface area contributed by atoms with Crippen LogP contribution < -0.4 is 4.74 Å². The number of esters is 1. The number of pyridine rings is 1. The van der Waals surface area contributed by atoms with Gasteiger partial charge in [-0.25, -0.2) is 9.37 Å². The first kappa shape index (κ1) is 26.2. The SMILES string of the molecule is COCc1c(OC)nc(C(C)C)c(/C=C/C(O)CC(=O)CC(=O)OC)c1-c1ccc(F)cc1. The average Bonchev–Trinajstić information content (AvgIpc) is 2.78. The third kappa shape index (κ3) is 6.94. The summed E-state index contributed by atoms with van der Waals surface area (Å²) in [5.41, 5.74) is 3.53. The van der Waals surface area contributed by atoms with Gasteiger partial charge in [-0.05, 0) is 23.6 Å². The highest BCUT2D eigenvalue weighted by molar-refractivity contribution is 5.95. The lowest BCUT2D eigenvalue weighted by molar-refractivity contribution is -0.143. The van der Waals surface area contributed by atoms with Crippen LogP contribution in [0.3, 0.4) is 0 Å². The van der Waals surface area contributed by atoms with E-state index in [2.05, 4.69) is 9.72 Å². The van der Waals surface area contributed by atoms with Crippen LogP contribution in [0.25, 0.3) is 17.2 Å². The number of ketones is 1. The fraction of sp³-hybridized carbons (Fsp3) is 0.400. The zero-order valence-electron chi connectivity index (χ0n) is 19.6. The van der Waals surface area contributed by atoms with Gasteiger partial charge in [0.1, 0.15) is 18.0 Å². The van der Waals surface area contributed by atoms with Gasteiger partial charge in [0.15, 0.2) is 0 Å². The molecule has 0 radical (unpaired) electrons. The molecule has 1 heterocycles. The molecule has 0 bridgehead atoms. The van der Waals surface area contributed by atoms with Crippen molar-refractivity contribution in [3.8, 4) is 17.0 Å². The van der Waals surface area contributed by atoms with E-state index in [0.29, 0.717) is 22.7 Å². The first-order valence-electron chi connectivity index (χ1n) is 10.5. The molecule has 33 heavy (non-hydrogen) atoms. The molecule has 1 aromatic heterocycles. The predicted molar refractivity (Wildman–Crippen MR) is 122 cm³/mol. The van der Waals surface area contributed by atoms with Crippen molar-refractivity contribution in [3.05, 3.63) is 53.0 Å². The first-order valence-corrected chi connectivity index (χ1v) is 10.5. The van der Waals surface area contributed by atoms with E-state index in [1.165, 1.54) is 32.4 Å². The van der Waals surface area contributed by atoms with Gasteiger partial charge in [-0.3, -0.25) is 9.59 Å². The highest BCUT2D eigenvalue weighted by Gasteiger charge is 2.22. The molecule has 8 heteroatoms. The summed E-state index contributed by atoms with van der Waals surface area (Å²) in [5.74, 6) is -1.07. The van der Waals surface area contributed by atoms with Crippen molar-refractivity contribution in [2.24, 2.45) is 0 Å². The number of benzene rings is 1. The van der Waals surface area contributed by atoms with E-state index in [1.807, 2.05) is 13.8 Å². The lowest BCUT2D eigenvalue weighted by Crippen LogP contribution is -2.15. The van der Waals surface area contributed by atoms with Crippen molar-refractivity contribution < 1.29 is 33.3 Å². The molecule has 0 fully saturated rings. The summed E-state index contributed by atoms with van der Waals surface area (Å²) in [7, 11) is 4.27. The highest BCUT2D eigenvalue weighted by atomic mass is 19.1. The van der Waals surface area contributed by atoms with Crippen molar-refractivity contribution in [1.82, 2.24) is 4.98 Å². The number of aromatic nitrogens is 1. The number of methoxy groups -OCH3 is 3. The summed E-state index contributed by atoms with van der Waals surface area (Å²) in [5, 5.41) is 10.4. The van der Waals surface area contributed by atoms with Crippen LogP contribution in [0.5, 0.6) is 5.88 Å². The number of aliphatic hydroxyl groups excluding tert-OH is 1. The number of hydrogen-bond acceptors (Lipinski definition) is 7. The van der Waals surface area contributed by atoms with Gasteiger partial charge in [0.25, 0.3) is 0 Å². The Bertz CT molecular complexity index is 1000.